The maximum atomic E-state index is 12.8. The second kappa shape index (κ2) is 9.28. The van der Waals surface area contributed by atoms with Gasteiger partial charge >= 0.3 is 0 Å². The van der Waals surface area contributed by atoms with Crippen LogP contribution >= 0.6 is 23.1 Å². The van der Waals surface area contributed by atoms with Crippen molar-refractivity contribution in [2.45, 2.75) is 25.0 Å². The van der Waals surface area contributed by atoms with Gasteiger partial charge in [-0.15, -0.1) is 21.5 Å². The van der Waals surface area contributed by atoms with Crippen LogP contribution in [-0.2, 0) is 4.79 Å². The van der Waals surface area contributed by atoms with E-state index in [2.05, 4.69) is 47.6 Å². The average Bonchev–Trinajstić information content (AvgIpc) is 3.45. The third-order valence-corrected chi connectivity index (χ3v) is 6.62. The van der Waals surface area contributed by atoms with E-state index >= 15 is 0 Å². The van der Waals surface area contributed by atoms with Gasteiger partial charge in [-0.1, -0.05) is 60.3 Å². The van der Waals surface area contributed by atoms with Crippen LogP contribution in [-0.4, -0.2) is 26.4 Å². The lowest BCUT2D eigenvalue weighted by atomic mass is 10.1. The molecule has 5 nitrogen and oxygen atoms in total. The molecule has 0 aliphatic heterocycles. The molecule has 0 aliphatic carbocycles. The Morgan fingerprint density at radius 2 is 1.97 bits per heavy atom. The Kier molecular flexibility index (Phi) is 6.30. The summed E-state index contributed by atoms with van der Waals surface area (Å²) in [6, 6.07) is 20.2. The molecule has 1 N–H and O–H groups in total. The smallest absolute Gasteiger partial charge is 0.231 e. The largest absolute Gasteiger partial charge is 0.344 e. The molecule has 0 saturated heterocycles. The van der Waals surface area contributed by atoms with Crippen LogP contribution in [0, 0.1) is 13.8 Å². The zero-order valence-electron chi connectivity index (χ0n) is 16.8. The van der Waals surface area contributed by atoms with Crippen LogP contribution < -0.4 is 5.32 Å². The number of carbonyl (C=O) groups excluding carboxylic acids is 1. The van der Waals surface area contributed by atoms with Crippen LogP contribution in [0.4, 0.5) is 0 Å². The summed E-state index contributed by atoms with van der Waals surface area (Å²) in [6.07, 6.45) is 1.69. The molecule has 1 amide bonds. The molecule has 7 heteroatoms. The van der Waals surface area contributed by atoms with Crippen molar-refractivity contribution >= 4 is 29.0 Å². The minimum atomic E-state index is -0.156. The first-order valence-corrected chi connectivity index (χ1v) is 11.5. The lowest BCUT2D eigenvalue weighted by molar-refractivity contribution is -0.119. The Balaban J connectivity index is 1.48. The van der Waals surface area contributed by atoms with Crippen molar-refractivity contribution in [1.29, 1.82) is 0 Å². The minimum absolute atomic E-state index is 0.0437. The van der Waals surface area contributed by atoms with Crippen molar-refractivity contribution in [1.82, 2.24) is 20.1 Å². The molecule has 30 heavy (non-hydrogen) atoms. The fourth-order valence-electron chi connectivity index (χ4n) is 3.22. The number of nitrogens with zero attached hydrogens (tertiary/aromatic N) is 3. The SMILES string of the molecule is Cc1ccc(C)c(-n2cnnc2SCC(=O)N[C@H](c2ccccc2)c2cccs2)c1. The van der Waals surface area contributed by atoms with Crippen molar-refractivity contribution in [2.24, 2.45) is 0 Å². The second-order valence-electron chi connectivity index (χ2n) is 6.99. The van der Waals surface area contributed by atoms with Crippen LogP contribution in [0.25, 0.3) is 5.69 Å². The number of thioether (sulfide) groups is 1. The summed E-state index contributed by atoms with van der Waals surface area (Å²) in [6.45, 7) is 4.11. The van der Waals surface area contributed by atoms with Crippen molar-refractivity contribution in [3.63, 3.8) is 0 Å². The van der Waals surface area contributed by atoms with Crippen LogP contribution in [0.3, 0.4) is 0 Å². The highest BCUT2D eigenvalue weighted by molar-refractivity contribution is 7.99. The van der Waals surface area contributed by atoms with Gasteiger partial charge in [-0.25, -0.2) is 0 Å². The van der Waals surface area contributed by atoms with Gasteiger partial charge in [0.05, 0.1) is 17.5 Å². The molecule has 0 bridgehead atoms. The van der Waals surface area contributed by atoms with Gasteiger partial charge in [0.15, 0.2) is 5.16 Å². The normalized spacial score (nSPS) is 11.9. The average molecular weight is 435 g/mol. The van der Waals surface area contributed by atoms with Gasteiger partial charge < -0.3 is 5.32 Å². The highest BCUT2D eigenvalue weighted by Crippen LogP contribution is 2.27. The highest BCUT2D eigenvalue weighted by Gasteiger charge is 2.19. The molecule has 0 fully saturated rings. The Morgan fingerprint density at radius 1 is 1.13 bits per heavy atom. The molecule has 0 unspecified atom stereocenters. The Morgan fingerprint density at radius 3 is 2.73 bits per heavy atom. The number of rotatable bonds is 7. The van der Waals surface area contributed by atoms with E-state index in [0.29, 0.717) is 5.16 Å². The molecule has 2 aromatic carbocycles. The predicted octanol–water partition coefficient (Wildman–Crippen LogP) is 4.94. The fraction of sp³-hybridized carbons (Fsp3) is 0.174. The number of thiophene rings is 1. The van der Waals surface area contributed by atoms with Gasteiger partial charge in [-0.05, 0) is 48.1 Å². The molecular formula is C23H22N4OS2. The molecule has 4 aromatic rings. The zero-order valence-corrected chi connectivity index (χ0v) is 18.4. The number of amides is 1. The summed E-state index contributed by atoms with van der Waals surface area (Å²) < 4.78 is 1.94. The molecule has 0 saturated carbocycles. The van der Waals surface area contributed by atoms with Crippen LogP contribution in [0.15, 0.2) is 77.5 Å². The number of nitrogens with one attached hydrogen (secondary N) is 1. The highest BCUT2D eigenvalue weighted by atomic mass is 32.2. The molecule has 4 rings (SSSR count). The van der Waals surface area contributed by atoms with E-state index in [1.165, 1.54) is 17.3 Å². The topological polar surface area (TPSA) is 59.8 Å². The third kappa shape index (κ3) is 4.63. The quantitative estimate of drug-likeness (QED) is 0.419. The van der Waals surface area contributed by atoms with Gasteiger partial charge in [0, 0.05) is 4.88 Å². The van der Waals surface area contributed by atoms with E-state index in [0.717, 1.165) is 21.7 Å². The number of aryl methyl sites for hydroxylation is 2. The summed E-state index contributed by atoms with van der Waals surface area (Å²) in [5.41, 5.74) is 4.40. The monoisotopic (exact) mass is 434 g/mol. The van der Waals surface area contributed by atoms with Gasteiger partial charge in [-0.2, -0.15) is 0 Å². The van der Waals surface area contributed by atoms with Crippen molar-refractivity contribution in [3.05, 3.63) is 93.9 Å². The number of benzene rings is 2. The molecular weight excluding hydrogens is 412 g/mol. The first-order valence-electron chi connectivity index (χ1n) is 9.60. The maximum absolute atomic E-state index is 12.8. The lowest BCUT2D eigenvalue weighted by Crippen LogP contribution is -2.30. The van der Waals surface area contributed by atoms with Crippen molar-refractivity contribution in [3.8, 4) is 5.69 Å². The third-order valence-electron chi connectivity index (χ3n) is 4.74. The Bertz CT molecular complexity index is 1120. The molecule has 0 aliphatic rings. The molecule has 2 heterocycles. The van der Waals surface area contributed by atoms with Crippen molar-refractivity contribution in [2.75, 3.05) is 5.75 Å². The van der Waals surface area contributed by atoms with E-state index in [9.17, 15) is 4.79 Å². The molecule has 2 aromatic heterocycles. The lowest BCUT2D eigenvalue weighted by Gasteiger charge is -2.18. The fourth-order valence-corrected chi connectivity index (χ4v) is 4.76. The Labute approximate surface area is 184 Å². The summed E-state index contributed by atoms with van der Waals surface area (Å²) in [5, 5.41) is 14.2. The number of hydrogen-bond donors (Lipinski definition) is 1. The molecule has 1 atom stereocenters. The van der Waals surface area contributed by atoms with Crippen LogP contribution in [0.5, 0.6) is 0 Å². The molecule has 0 radical (unpaired) electrons. The maximum Gasteiger partial charge on any atom is 0.231 e. The molecule has 152 valence electrons. The Hall–Kier alpha value is -2.90. The standard InChI is InChI=1S/C23H22N4OS2/c1-16-10-11-17(2)19(13-16)27-15-24-26-23(27)30-14-21(28)25-22(20-9-6-12-29-20)18-7-4-3-5-8-18/h3-13,15,22H,14H2,1-2H3,(H,25,28)/t22-/m1/s1. The predicted molar refractivity (Wildman–Crippen MR) is 122 cm³/mol. The minimum Gasteiger partial charge on any atom is -0.344 e. The summed E-state index contributed by atoms with van der Waals surface area (Å²) in [7, 11) is 0. The number of carbonyl (C=O) groups is 1. The van der Waals surface area contributed by atoms with Gasteiger partial charge in [0.1, 0.15) is 6.33 Å². The van der Waals surface area contributed by atoms with E-state index < -0.39 is 0 Å². The van der Waals surface area contributed by atoms with Crippen LogP contribution in [0.1, 0.15) is 27.6 Å². The number of hydrogen-bond acceptors (Lipinski definition) is 5. The first kappa shape index (κ1) is 20.4. The van der Waals surface area contributed by atoms with Gasteiger partial charge in [0.25, 0.3) is 0 Å². The number of aromatic nitrogens is 3. The first-order chi connectivity index (χ1) is 14.6. The second-order valence-corrected chi connectivity index (χ2v) is 8.91. The van der Waals surface area contributed by atoms with Crippen LogP contribution in [0.2, 0.25) is 0 Å². The van der Waals surface area contributed by atoms with E-state index in [4.69, 9.17) is 0 Å². The van der Waals surface area contributed by atoms with E-state index in [1.807, 2.05) is 52.4 Å². The molecule has 0 spiro atoms. The van der Waals surface area contributed by atoms with Crippen molar-refractivity contribution < 1.29 is 4.79 Å². The summed E-state index contributed by atoms with van der Waals surface area (Å²) in [4.78, 5) is 13.9. The van der Waals surface area contributed by atoms with Gasteiger partial charge in [0.2, 0.25) is 5.91 Å². The summed E-state index contributed by atoms with van der Waals surface area (Å²) >= 11 is 3.02. The summed E-state index contributed by atoms with van der Waals surface area (Å²) in [5.74, 6) is 0.218. The van der Waals surface area contributed by atoms with E-state index in [1.54, 1.807) is 17.7 Å². The van der Waals surface area contributed by atoms with E-state index in [-0.39, 0.29) is 17.7 Å². The van der Waals surface area contributed by atoms with Gasteiger partial charge in [-0.3, -0.25) is 9.36 Å². The zero-order chi connectivity index (χ0) is 20.9.